The van der Waals surface area contributed by atoms with E-state index in [1.165, 1.54) is 23.1 Å². The summed E-state index contributed by atoms with van der Waals surface area (Å²) in [5.41, 5.74) is 4.83. The van der Waals surface area contributed by atoms with Gasteiger partial charge >= 0.3 is 5.97 Å². The summed E-state index contributed by atoms with van der Waals surface area (Å²) in [5, 5.41) is 9.07. The predicted molar refractivity (Wildman–Crippen MR) is 108 cm³/mol. The van der Waals surface area contributed by atoms with Gasteiger partial charge in [0.1, 0.15) is 17.6 Å². The van der Waals surface area contributed by atoms with Crippen molar-refractivity contribution in [3.8, 4) is 11.5 Å². The smallest absolute Gasteiger partial charge is 0.304 e. The molecule has 5 heteroatoms. The van der Waals surface area contributed by atoms with Crippen LogP contribution in [0.3, 0.4) is 0 Å². The highest BCUT2D eigenvalue weighted by molar-refractivity contribution is 5.68. The zero-order chi connectivity index (χ0) is 20.0. The molecule has 1 N–H and O–H groups in total. The van der Waals surface area contributed by atoms with Gasteiger partial charge in [0.05, 0.1) is 18.6 Å². The van der Waals surface area contributed by atoms with Crippen LogP contribution in [-0.4, -0.2) is 24.8 Å². The molecule has 2 aliphatic carbocycles. The van der Waals surface area contributed by atoms with Gasteiger partial charge in [-0.1, -0.05) is 24.3 Å². The third-order valence-electron chi connectivity index (χ3n) is 6.82. The summed E-state index contributed by atoms with van der Waals surface area (Å²) in [6, 6.07) is 12.3. The van der Waals surface area contributed by atoms with Gasteiger partial charge in [-0.25, -0.2) is 0 Å². The standard InChI is InChI=1S/C24H26O5/c1-27-24(10-3-11-24)20-5-2-4-19-18(20)8-9-21(19)29-16-6-7-17-15(12-23(25)26)14-28-22(17)13-16/h2,4-7,13,15,21H,3,8-12,14H2,1H3,(H,25,26)/t15-,21-/m1/s1. The monoisotopic (exact) mass is 394 g/mol. The van der Waals surface area contributed by atoms with Gasteiger partial charge < -0.3 is 19.3 Å². The zero-order valence-electron chi connectivity index (χ0n) is 16.6. The molecule has 5 rings (SSSR count). The lowest BCUT2D eigenvalue weighted by atomic mass is 9.73. The molecule has 0 bridgehead atoms. The van der Waals surface area contributed by atoms with E-state index in [1.54, 1.807) is 0 Å². The topological polar surface area (TPSA) is 65.0 Å². The average Bonchev–Trinajstić information content (AvgIpc) is 3.26. The second-order valence-corrected chi connectivity index (χ2v) is 8.38. The predicted octanol–water partition coefficient (Wildman–Crippen LogP) is 4.73. The average molecular weight is 394 g/mol. The van der Waals surface area contributed by atoms with Gasteiger partial charge in [-0.2, -0.15) is 0 Å². The molecule has 1 saturated carbocycles. The van der Waals surface area contributed by atoms with Gasteiger partial charge in [0.15, 0.2) is 0 Å². The molecule has 0 unspecified atom stereocenters. The molecular weight excluding hydrogens is 368 g/mol. The number of rotatable bonds is 6. The number of aliphatic carboxylic acids is 1. The van der Waals surface area contributed by atoms with Gasteiger partial charge in [0.2, 0.25) is 0 Å². The van der Waals surface area contributed by atoms with E-state index in [0.29, 0.717) is 6.61 Å². The third-order valence-corrected chi connectivity index (χ3v) is 6.82. The normalized spacial score (nSPS) is 23.6. The molecule has 0 aromatic heterocycles. The molecule has 29 heavy (non-hydrogen) atoms. The molecule has 5 nitrogen and oxygen atoms in total. The first-order chi connectivity index (χ1) is 14.1. The number of hydrogen-bond acceptors (Lipinski definition) is 4. The van der Waals surface area contributed by atoms with Crippen molar-refractivity contribution in [2.75, 3.05) is 13.7 Å². The van der Waals surface area contributed by atoms with E-state index in [-0.39, 0.29) is 24.0 Å². The molecule has 2 aromatic carbocycles. The van der Waals surface area contributed by atoms with E-state index < -0.39 is 5.97 Å². The minimum atomic E-state index is -0.801. The minimum Gasteiger partial charge on any atom is -0.492 e. The van der Waals surface area contributed by atoms with Crippen LogP contribution in [-0.2, 0) is 21.6 Å². The highest BCUT2D eigenvalue weighted by Crippen LogP contribution is 2.49. The van der Waals surface area contributed by atoms with Gasteiger partial charge in [0, 0.05) is 24.7 Å². The van der Waals surface area contributed by atoms with E-state index >= 15 is 0 Å². The number of ether oxygens (including phenoxy) is 3. The van der Waals surface area contributed by atoms with Crippen LogP contribution >= 0.6 is 0 Å². The van der Waals surface area contributed by atoms with Crippen molar-refractivity contribution in [1.29, 1.82) is 0 Å². The van der Waals surface area contributed by atoms with E-state index in [2.05, 4.69) is 18.2 Å². The number of hydrogen-bond donors (Lipinski definition) is 1. The quantitative estimate of drug-likeness (QED) is 0.767. The zero-order valence-corrected chi connectivity index (χ0v) is 16.6. The number of benzene rings is 2. The van der Waals surface area contributed by atoms with E-state index in [9.17, 15) is 4.79 Å². The van der Waals surface area contributed by atoms with Crippen LogP contribution < -0.4 is 9.47 Å². The third kappa shape index (κ3) is 3.08. The molecule has 2 aromatic rings. The van der Waals surface area contributed by atoms with Crippen molar-refractivity contribution in [2.24, 2.45) is 0 Å². The minimum absolute atomic E-state index is 0.0215. The molecule has 1 aliphatic heterocycles. The Bertz CT molecular complexity index is 941. The second kappa shape index (κ2) is 7.06. The maximum absolute atomic E-state index is 11.0. The van der Waals surface area contributed by atoms with Crippen molar-refractivity contribution in [1.82, 2.24) is 0 Å². The second-order valence-electron chi connectivity index (χ2n) is 8.38. The Morgan fingerprint density at radius 3 is 2.83 bits per heavy atom. The van der Waals surface area contributed by atoms with Crippen molar-refractivity contribution in [2.45, 2.75) is 56.1 Å². The number of fused-ring (bicyclic) bond motifs is 2. The summed E-state index contributed by atoms with van der Waals surface area (Å²) in [5.74, 6) is 0.631. The summed E-state index contributed by atoms with van der Waals surface area (Å²) in [6.45, 7) is 0.416. The molecular formula is C24H26O5. The Labute approximate surface area is 170 Å². The van der Waals surface area contributed by atoms with E-state index in [1.807, 2.05) is 25.3 Å². The molecule has 1 heterocycles. The van der Waals surface area contributed by atoms with Gasteiger partial charge in [-0.3, -0.25) is 4.79 Å². The first-order valence-electron chi connectivity index (χ1n) is 10.4. The Kier molecular flexibility index (Phi) is 4.50. The van der Waals surface area contributed by atoms with E-state index in [0.717, 1.165) is 42.7 Å². The van der Waals surface area contributed by atoms with E-state index in [4.69, 9.17) is 19.3 Å². The lowest BCUT2D eigenvalue weighted by Crippen LogP contribution is -2.37. The highest BCUT2D eigenvalue weighted by atomic mass is 16.5. The fourth-order valence-electron chi connectivity index (χ4n) is 5.12. The summed E-state index contributed by atoms with van der Waals surface area (Å²) in [4.78, 5) is 11.0. The fourth-order valence-corrected chi connectivity index (χ4v) is 5.12. The highest BCUT2D eigenvalue weighted by Gasteiger charge is 2.42. The summed E-state index contributed by atoms with van der Waals surface area (Å²) >= 11 is 0. The maximum Gasteiger partial charge on any atom is 0.304 e. The van der Waals surface area contributed by atoms with Gasteiger partial charge in [0.25, 0.3) is 0 Å². The number of carboxylic acids is 1. The molecule has 0 amide bonds. The molecule has 0 radical (unpaired) electrons. The van der Waals surface area contributed by atoms with Crippen LogP contribution in [0.1, 0.15) is 66.4 Å². The van der Waals surface area contributed by atoms with Crippen molar-refractivity contribution < 1.29 is 24.1 Å². The molecule has 3 aliphatic rings. The Morgan fingerprint density at radius 2 is 2.10 bits per heavy atom. The van der Waals surface area contributed by atoms with Crippen molar-refractivity contribution in [3.63, 3.8) is 0 Å². The Balaban J connectivity index is 1.37. The number of methoxy groups -OCH3 is 1. The summed E-state index contributed by atoms with van der Waals surface area (Å²) in [6.07, 6.45) is 5.46. The maximum atomic E-state index is 11.0. The molecule has 2 atom stereocenters. The largest absolute Gasteiger partial charge is 0.492 e. The number of carboxylic acid groups (broad SMARTS) is 1. The summed E-state index contributed by atoms with van der Waals surface area (Å²) < 4.78 is 18.0. The van der Waals surface area contributed by atoms with Crippen LogP contribution in [0.2, 0.25) is 0 Å². The fraction of sp³-hybridized carbons (Fsp3) is 0.458. The van der Waals surface area contributed by atoms with Crippen molar-refractivity contribution in [3.05, 3.63) is 58.7 Å². The summed E-state index contributed by atoms with van der Waals surface area (Å²) in [7, 11) is 1.82. The van der Waals surface area contributed by atoms with Crippen LogP contribution in [0.25, 0.3) is 0 Å². The molecule has 0 saturated heterocycles. The number of carbonyl (C=O) groups is 1. The van der Waals surface area contributed by atoms with Crippen LogP contribution in [0.4, 0.5) is 0 Å². The lowest BCUT2D eigenvalue weighted by molar-refractivity contribution is -0.137. The van der Waals surface area contributed by atoms with Crippen molar-refractivity contribution >= 4 is 5.97 Å². The Hall–Kier alpha value is -2.53. The van der Waals surface area contributed by atoms with Crippen LogP contribution in [0.5, 0.6) is 11.5 Å². The first-order valence-corrected chi connectivity index (χ1v) is 10.4. The van der Waals surface area contributed by atoms with Gasteiger partial charge in [-0.05, 0) is 54.9 Å². The molecule has 0 spiro atoms. The van der Waals surface area contributed by atoms with Crippen LogP contribution in [0.15, 0.2) is 36.4 Å². The Morgan fingerprint density at radius 1 is 1.24 bits per heavy atom. The lowest BCUT2D eigenvalue weighted by Gasteiger charge is -2.42. The molecule has 152 valence electrons. The van der Waals surface area contributed by atoms with Gasteiger partial charge in [-0.15, -0.1) is 0 Å². The first kappa shape index (κ1) is 18.5. The SMILES string of the molecule is COC1(c2cccc3c2CC[C@H]3Oc2ccc3c(c2)OC[C@H]3CC(=O)O)CCC1. The molecule has 1 fully saturated rings. The van der Waals surface area contributed by atoms with Crippen LogP contribution in [0, 0.1) is 0 Å².